The van der Waals surface area contributed by atoms with Crippen molar-refractivity contribution in [3.05, 3.63) is 76.6 Å². The third-order valence-corrected chi connectivity index (χ3v) is 4.67. The maximum atomic E-state index is 12.8. The minimum atomic E-state index is -4.41. The molecule has 2 aromatic heterocycles. The monoisotopic (exact) mass is 427 g/mol. The van der Waals surface area contributed by atoms with Crippen molar-refractivity contribution in [2.24, 2.45) is 0 Å². The van der Waals surface area contributed by atoms with Gasteiger partial charge in [-0.1, -0.05) is 11.6 Å². The zero-order valence-corrected chi connectivity index (χ0v) is 16.3. The SMILES string of the molecule is Cc1nc2ccc(Cl)cc2n1-c1cc(C#N)cc(Nc2ccc(C(F)(F)F)cc2)n1. The molecule has 9 heteroatoms. The summed E-state index contributed by atoms with van der Waals surface area (Å²) >= 11 is 6.12. The van der Waals surface area contributed by atoms with E-state index < -0.39 is 11.7 Å². The summed E-state index contributed by atoms with van der Waals surface area (Å²) in [5.41, 5.74) is 1.44. The van der Waals surface area contributed by atoms with Crippen LogP contribution in [-0.2, 0) is 6.18 Å². The van der Waals surface area contributed by atoms with E-state index >= 15 is 0 Å². The number of alkyl halides is 3. The molecule has 0 aliphatic rings. The number of anilines is 2. The van der Waals surface area contributed by atoms with Gasteiger partial charge in [0.2, 0.25) is 0 Å². The first kappa shape index (κ1) is 19.7. The summed E-state index contributed by atoms with van der Waals surface area (Å²) in [5, 5.41) is 12.9. The number of imidazole rings is 1. The van der Waals surface area contributed by atoms with Crippen molar-refractivity contribution < 1.29 is 13.2 Å². The Morgan fingerprint density at radius 3 is 2.43 bits per heavy atom. The Balaban J connectivity index is 1.76. The van der Waals surface area contributed by atoms with Crippen LogP contribution in [-0.4, -0.2) is 14.5 Å². The number of nitriles is 1. The van der Waals surface area contributed by atoms with Crippen LogP contribution in [0.25, 0.3) is 16.9 Å². The molecule has 0 spiro atoms. The lowest BCUT2D eigenvalue weighted by Gasteiger charge is -2.12. The number of aryl methyl sites for hydroxylation is 1. The molecule has 2 heterocycles. The van der Waals surface area contributed by atoms with Crippen molar-refractivity contribution in [2.45, 2.75) is 13.1 Å². The molecule has 4 aromatic rings. The zero-order chi connectivity index (χ0) is 21.5. The van der Waals surface area contributed by atoms with E-state index in [0.29, 0.717) is 33.7 Å². The second kappa shape index (κ2) is 7.35. The smallest absolute Gasteiger partial charge is 0.340 e. The first-order chi connectivity index (χ1) is 14.2. The fourth-order valence-electron chi connectivity index (χ4n) is 3.11. The number of aromatic nitrogens is 3. The number of nitrogens with one attached hydrogen (secondary N) is 1. The summed E-state index contributed by atoms with van der Waals surface area (Å²) in [6, 6.07) is 15.0. The molecular weight excluding hydrogens is 415 g/mol. The Bertz CT molecular complexity index is 1290. The van der Waals surface area contributed by atoms with E-state index in [-0.39, 0.29) is 0 Å². The van der Waals surface area contributed by atoms with Gasteiger partial charge >= 0.3 is 6.18 Å². The van der Waals surface area contributed by atoms with Gasteiger partial charge in [0.1, 0.15) is 17.5 Å². The van der Waals surface area contributed by atoms with Crippen LogP contribution in [0.3, 0.4) is 0 Å². The Kier molecular flexibility index (Phi) is 4.84. The van der Waals surface area contributed by atoms with E-state index in [9.17, 15) is 18.4 Å². The highest BCUT2D eigenvalue weighted by atomic mass is 35.5. The van der Waals surface area contributed by atoms with E-state index in [1.807, 2.05) is 0 Å². The predicted octanol–water partition coefficient (Wildman–Crippen LogP) is 6.02. The molecule has 0 amide bonds. The highest BCUT2D eigenvalue weighted by molar-refractivity contribution is 6.31. The van der Waals surface area contributed by atoms with Crippen LogP contribution in [0.1, 0.15) is 17.0 Å². The Morgan fingerprint density at radius 2 is 1.77 bits per heavy atom. The molecule has 0 aliphatic carbocycles. The second-order valence-corrected chi connectivity index (χ2v) is 6.98. The van der Waals surface area contributed by atoms with E-state index in [2.05, 4.69) is 21.4 Å². The van der Waals surface area contributed by atoms with Gasteiger partial charge < -0.3 is 5.32 Å². The average molecular weight is 428 g/mol. The summed E-state index contributed by atoms with van der Waals surface area (Å²) in [6.45, 7) is 1.80. The number of nitrogens with zero attached hydrogens (tertiary/aromatic N) is 4. The van der Waals surface area contributed by atoms with Gasteiger partial charge in [-0.2, -0.15) is 18.4 Å². The predicted molar refractivity (Wildman–Crippen MR) is 108 cm³/mol. The molecule has 0 fully saturated rings. The van der Waals surface area contributed by atoms with E-state index in [4.69, 9.17) is 11.6 Å². The molecule has 4 rings (SSSR count). The van der Waals surface area contributed by atoms with E-state index in [1.165, 1.54) is 18.2 Å². The summed E-state index contributed by atoms with van der Waals surface area (Å²) in [7, 11) is 0. The van der Waals surface area contributed by atoms with Gasteiger partial charge in [0.15, 0.2) is 0 Å². The van der Waals surface area contributed by atoms with Crippen molar-refractivity contribution in [3.63, 3.8) is 0 Å². The lowest BCUT2D eigenvalue weighted by atomic mass is 10.2. The number of rotatable bonds is 3. The topological polar surface area (TPSA) is 66.5 Å². The van der Waals surface area contributed by atoms with Gasteiger partial charge in [-0.25, -0.2) is 9.97 Å². The molecule has 0 saturated heterocycles. The molecule has 0 saturated carbocycles. The highest BCUT2D eigenvalue weighted by Gasteiger charge is 2.29. The molecule has 30 heavy (non-hydrogen) atoms. The summed E-state index contributed by atoms with van der Waals surface area (Å²) in [4.78, 5) is 9.01. The van der Waals surface area contributed by atoms with Gasteiger partial charge in [0, 0.05) is 10.7 Å². The standard InChI is InChI=1S/C21H13ClF3N5/c1-12-27-17-7-4-15(22)10-18(17)30(12)20-9-13(11-26)8-19(29-20)28-16-5-2-14(3-6-16)21(23,24)25/h2-10H,1H3,(H,28,29). The molecule has 0 bridgehead atoms. The van der Waals surface area contributed by atoms with Crippen molar-refractivity contribution in [2.75, 3.05) is 5.32 Å². The average Bonchev–Trinajstić information content (AvgIpc) is 3.02. The Morgan fingerprint density at radius 1 is 1.03 bits per heavy atom. The zero-order valence-electron chi connectivity index (χ0n) is 15.5. The fourth-order valence-corrected chi connectivity index (χ4v) is 3.27. The lowest BCUT2D eigenvalue weighted by Crippen LogP contribution is -2.05. The molecule has 0 radical (unpaired) electrons. The van der Waals surface area contributed by atoms with Crippen LogP contribution < -0.4 is 5.32 Å². The normalized spacial score (nSPS) is 11.5. The first-order valence-corrected chi connectivity index (χ1v) is 9.14. The van der Waals surface area contributed by atoms with Crippen LogP contribution in [0.5, 0.6) is 0 Å². The van der Waals surface area contributed by atoms with Crippen molar-refractivity contribution in [1.29, 1.82) is 5.26 Å². The van der Waals surface area contributed by atoms with Crippen LogP contribution in [0, 0.1) is 18.3 Å². The van der Waals surface area contributed by atoms with Gasteiger partial charge in [-0.15, -0.1) is 0 Å². The molecule has 0 aliphatic heterocycles. The highest BCUT2D eigenvalue weighted by Crippen LogP contribution is 2.31. The quantitative estimate of drug-likeness (QED) is 0.434. The van der Waals surface area contributed by atoms with Crippen LogP contribution >= 0.6 is 11.6 Å². The molecule has 5 nitrogen and oxygen atoms in total. The maximum Gasteiger partial charge on any atom is 0.416 e. The minimum absolute atomic E-state index is 0.312. The van der Waals surface area contributed by atoms with Crippen molar-refractivity contribution in [1.82, 2.24) is 14.5 Å². The molecule has 0 unspecified atom stereocenters. The number of hydrogen-bond donors (Lipinski definition) is 1. The molecule has 2 aromatic carbocycles. The molecular formula is C21H13ClF3N5. The van der Waals surface area contributed by atoms with Crippen LogP contribution in [0.15, 0.2) is 54.6 Å². The third-order valence-electron chi connectivity index (χ3n) is 4.44. The summed E-state index contributed by atoms with van der Waals surface area (Å²) in [5.74, 6) is 1.40. The number of pyridine rings is 1. The molecule has 1 N–H and O–H groups in total. The van der Waals surface area contributed by atoms with E-state index in [1.54, 1.807) is 35.8 Å². The maximum absolute atomic E-state index is 12.8. The number of halogens is 4. The Hall–Kier alpha value is -3.57. The minimum Gasteiger partial charge on any atom is -0.340 e. The second-order valence-electron chi connectivity index (χ2n) is 6.54. The molecule has 0 atom stereocenters. The lowest BCUT2D eigenvalue weighted by molar-refractivity contribution is -0.137. The Labute approximate surface area is 174 Å². The van der Waals surface area contributed by atoms with Crippen molar-refractivity contribution in [3.8, 4) is 11.9 Å². The van der Waals surface area contributed by atoms with Gasteiger partial charge in [-0.05, 0) is 61.5 Å². The third kappa shape index (κ3) is 3.80. The van der Waals surface area contributed by atoms with Crippen LogP contribution in [0.2, 0.25) is 5.02 Å². The summed E-state index contributed by atoms with van der Waals surface area (Å²) in [6.07, 6.45) is -4.41. The fraction of sp³-hybridized carbons (Fsp3) is 0.0952. The van der Waals surface area contributed by atoms with Gasteiger partial charge in [0.05, 0.1) is 28.2 Å². The van der Waals surface area contributed by atoms with Crippen LogP contribution in [0.4, 0.5) is 24.7 Å². The number of fused-ring (bicyclic) bond motifs is 1. The van der Waals surface area contributed by atoms with Crippen molar-refractivity contribution >= 4 is 34.1 Å². The van der Waals surface area contributed by atoms with Gasteiger partial charge in [0.25, 0.3) is 0 Å². The largest absolute Gasteiger partial charge is 0.416 e. The summed E-state index contributed by atoms with van der Waals surface area (Å²) < 4.78 is 40.1. The first-order valence-electron chi connectivity index (χ1n) is 8.76. The van der Waals surface area contributed by atoms with E-state index in [0.717, 1.165) is 23.2 Å². The molecule has 150 valence electrons. The number of hydrogen-bond acceptors (Lipinski definition) is 4. The van der Waals surface area contributed by atoms with Gasteiger partial charge in [-0.3, -0.25) is 4.57 Å². The number of benzene rings is 2.